The monoisotopic (exact) mass is 457 g/mol. The van der Waals surface area contributed by atoms with Gasteiger partial charge in [0.1, 0.15) is 16.0 Å². The van der Waals surface area contributed by atoms with Gasteiger partial charge in [-0.2, -0.15) is 0 Å². The highest BCUT2D eigenvalue weighted by Gasteiger charge is 2.24. The molecule has 28 heavy (non-hydrogen) atoms. The normalized spacial score (nSPS) is 14.6. The molecule has 1 saturated heterocycles. The van der Waals surface area contributed by atoms with Crippen LogP contribution in [0.2, 0.25) is 0 Å². The summed E-state index contributed by atoms with van der Waals surface area (Å²) in [6.07, 6.45) is 0.796. The van der Waals surface area contributed by atoms with Crippen molar-refractivity contribution >= 4 is 27.7 Å². The lowest BCUT2D eigenvalue weighted by molar-refractivity contribution is -0.122. The molecule has 1 fully saturated rings. The second-order valence-corrected chi connectivity index (χ2v) is 7.25. The molecular weight excluding hydrogens is 430 g/mol. The summed E-state index contributed by atoms with van der Waals surface area (Å²) in [5, 5.41) is 2.88. The van der Waals surface area contributed by atoms with Crippen LogP contribution in [0.1, 0.15) is 16.8 Å². The number of hydrogen-bond acceptors (Lipinski definition) is 6. The van der Waals surface area contributed by atoms with Gasteiger partial charge in [-0.1, -0.05) is 0 Å². The lowest BCUT2D eigenvalue weighted by Gasteiger charge is -2.34. The molecule has 1 aromatic carbocycles. The van der Waals surface area contributed by atoms with Crippen LogP contribution in [0.3, 0.4) is 0 Å². The van der Waals surface area contributed by atoms with E-state index < -0.39 is 0 Å². The van der Waals surface area contributed by atoms with Gasteiger partial charge >= 0.3 is 0 Å². The zero-order valence-electron chi connectivity index (χ0n) is 16.6. The molecule has 2 rings (SSSR count). The van der Waals surface area contributed by atoms with Crippen LogP contribution in [-0.2, 0) is 9.53 Å². The minimum absolute atomic E-state index is 0.00161. The Morgan fingerprint density at radius 3 is 2.21 bits per heavy atom. The maximum atomic E-state index is 12.9. The average Bonchev–Trinajstić information content (AvgIpc) is 2.71. The van der Waals surface area contributed by atoms with Crippen molar-refractivity contribution in [3.05, 3.63) is 22.2 Å². The molecule has 2 amide bonds. The quantitative estimate of drug-likeness (QED) is 0.564. The van der Waals surface area contributed by atoms with E-state index in [4.69, 9.17) is 14.2 Å². The van der Waals surface area contributed by atoms with E-state index in [1.807, 2.05) is 0 Å². The highest BCUT2D eigenvalue weighted by atomic mass is 79.9. The number of nitrogens with zero attached hydrogens (tertiary/aromatic N) is 2. The molecule has 0 aromatic heterocycles. The molecule has 9 heteroatoms. The van der Waals surface area contributed by atoms with Gasteiger partial charge in [-0.3, -0.25) is 14.5 Å². The van der Waals surface area contributed by atoms with Gasteiger partial charge in [-0.25, -0.2) is 0 Å². The Labute approximate surface area is 174 Å². The van der Waals surface area contributed by atoms with Gasteiger partial charge in [0.2, 0.25) is 5.91 Å². The topological polar surface area (TPSA) is 80.3 Å². The molecule has 1 heterocycles. The Bertz CT molecular complexity index is 653. The largest absolute Gasteiger partial charge is 0.495 e. The van der Waals surface area contributed by atoms with Crippen molar-refractivity contribution in [1.82, 2.24) is 15.1 Å². The Morgan fingerprint density at radius 1 is 1.07 bits per heavy atom. The lowest BCUT2D eigenvalue weighted by Crippen LogP contribution is -2.51. The van der Waals surface area contributed by atoms with Crippen LogP contribution in [0.4, 0.5) is 0 Å². The molecule has 0 aliphatic carbocycles. The van der Waals surface area contributed by atoms with Crippen LogP contribution in [0, 0.1) is 0 Å². The Kier molecular flexibility index (Phi) is 9.01. The standard InChI is InChI=1S/C19H28BrN3O5/c1-26-10-4-5-21-17(24)13-22-6-8-23(9-7-22)19(25)14-11-15(27-2)18(20)16(12-14)28-3/h11-12H,4-10,13H2,1-3H3,(H,21,24). The van der Waals surface area contributed by atoms with Gasteiger partial charge in [-0.15, -0.1) is 0 Å². The van der Waals surface area contributed by atoms with Gasteiger partial charge in [0.25, 0.3) is 5.91 Å². The van der Waals surface area contributed by atoms with E-state index in [0.717, 1.165) is 6.42 Å². The Hall–Kier alpha value is -1.84. The van der Waals surface area contributed by atoms with Gasteiger partial charge in [0.05, 0.1) is 20.8 Å². The van der Waals surface area contributed by atoms with Crippen LogP contribution in [0.15, 0.2) is 16.6 Å². The summed E-state index contributed by atoms with van der Waals surface area (Å²) in [4.78, 5) is 28.7. The predicted molar refractivity (Wildman–Crippen MR) is 109 cm³/mol. The van der Waals surface area contributed by atoms with E-state index in [2.05, 4.69) is 26.1 Å². The van der Waals surface area contributed by atoms with Crippen molar-refractivity contribution in [2.45, 2.75) is 6.42 Å². The third kappa shape index (κ3) is 6.08. The molecule has 156 valence electrons. The summed E-state index contributed by atoms with van der Waals surface area (Å²) in [6, 6.07) is 3.41. The molecule has 1 N–H and O–H groups in total. The third-order valence-electron chi connectivity index (χ3n) is 4.57. The van der Waals surface area contributed by atoms with Gasteiger partial charge < -0.3 is 24.4 Å². The number of rotatable bonds is 9. The number of halogens is 1. The highest BCUT2D eigenvalue weighted by molar-refractivity contribution is 9.10. The molecule has 0 unspecified atom stereocenters. The zero-order chi connectivity index (χ0) is 20.5. The van der Waals surface area contributed by atoms with Crippen LogP contribution in [-0.4, -0.2) is 88.8 Å². The summed E-state index contributed by atoms with van der Waals surface area (Å²) in [7, 11) is 4.74. The number of carbonyl (C=O) groups excluding carboxylic acids is 2. The minimum atomic E-state index is -0.0761. The van der Waals surface area contributed by atoms with Gasteiger partial charge in [-0.05, 0) is 34.5 Å². The third-order valence-corrected chi connectivity index (χ3v) is 5.35. The first-order chi connectivity index (χ1) is 13.5. The van der Waals surface area contributed by atoms with Gasteiger partial charge in [0.15, 0.2) is 0 Å². The molecule has 0 radical (unpaired) electrons. The zero-order valence-corrected chi connectivity index (χ0v) is 18.2. The Morgan fingerprint density at radius 2 is 1.68 bits per heavy atom. The van der Waals surface area contributed by atoms with Crippen molar-refractivity contribution in [3.8, 4) is 11.5 Å². The molecule has 0 spiro atoms. The maximum absolute atomic E-state index is 12.9. The molecule has 0 saturated carbocycles. The van der Waals surface area contributed by atoms with Crippen LogP contribution < -0.4 is 14.8 Å². The number of methoxy groups -OCH3 is 3. The summed E-state index contributed by atoms with van der Waals surface area (Å²) >= 11 is 3.41. The maximum Gasteiger partial charge on any atom is 0.254 e. The van der Waals surface area contributed by atoms with Crippen LogP contribution in [0.25, 0.3) is 0 Å². The van der Waals surface area contributed by atoms with E-state index in [-0.39, 0.29) is 11.8 Å². The van der Waals surface area contributed by atoms with Crippen molar-refractivity contribution in [2.75, 3.05) is 67.2 Å². The summed E-state index contributed by atoms with van der Waals surface area (Å²) in [6.45, 7) is 4.02. The molecule has 1 aliphatic heterocycles. The number of amides is 2. The molecule has 8 nitrogen and oxygen atoms in total. The van der Waals surface area contributed by atoms with E-state index >= 15 is 0 Å². The van der Waals surface area contributed by atoms with Crippen LogP contribution >= 0.6 is 15.9 Å². The molecule has 0 bridgehead atoms. The minimum Gasteiger partial charge on any atom is -0.495 e. The van der Waals surface area contributed by atoms with E-state index in [0.29, 0.717) is 67.4 Å². The van der Waals surface area contributed by atoms with Gasteiger partial charge in [0, 0.05) is 52.0 Å². The van der Waals surface area contributed by atoms with E-state index in [1.165, 1.54) is 0 Å². The number of piperazine rings is 1. The number of carbonyl (C=O) groups is 2. The first kappa shape index (κ1) is 22.4. The van der Waals surface area contributed by atoms with Crippen molar-refractivity contribution in [1.29, 1.82) is 0 Å². The average molecular weight is 458 g/mol. The molecular formula is C19H28BrN3O5. The highest BCUT2D eigenvalue weighted by Crippen LogP contribution is 2.36. The van der Waals surface area contributed by atoms with Crippen LogP contribution in [0.5, 0.6) is 11.5 Å². The smallest absolute Gasteiger partial charge is 0.254 e. The molecule has 0 atom stereocenters. The summed E-state index contributed by atoms with van der Waals surface area (Å²) < 4.78 is 16.3. The lowest BCUT2D eigenvalue weighted by atomic mass is 10.1. The fraction of sp³-hybridized carbons (Fsp3) is 0.579. The summed E-state index contributed by atoms with van der Waals surface area (Å²) in [5.74, 6) is 1.02. The van der Waals surface area contributed by atoms with Crippen molar-refractivity contribution in [2.24, 2.45) is 0 Å². The number of hydrogen-bond donors (Lipinski definition) is 1. The first-order valence-electron chi connectivity index (χ1n) is 9.19. The number of benzene rings is 1. The second-order valence-electron chi connectivity index (χ2n) is 6.46. The summed E-state index contributed by atoms with van der Waals surface area (Å²) in [5.41, 5.74) is 0.515. The van der Waals surface area contributed by atoms with E-state index in [1.54, 1.807) is 38.4 Å². The van der Waals surface area contributed by atoms with Crippen molar-refractivity contribution < 1.29 is 23.8 Å². The van der Waals surface area contributed by atoms with Crippen molar-refractivity contribution in [3.63, 3.8) is 0 Å². The van der Waals surface area contributed by atoms with E-state index in [9.17, 15) is 9.59 Å². The number of ether oxygens (including phenoxy) is 3. The SMILES string of the molecule is COCCCNC(=O)CN1CCN(C(=O)c2cc(OC)c(Br)c(OC)c2)CC1. The number of nitrogens with one attached hydrogen (secondary N) is 1. The fourth-order valence-electron chi connectivity index (χ4n) is 2.99. The molecule has 1 aromatic rings. The fourth-order valence-corrected chi connectivity index (χ4v) is 3.54. The predicted octanol–water partition coefficient (Wildman–Crippen LogP) is 1.38. The second kappa shape index (κ2) is 11.2. The first-order valence-corrected chi connectivity index (χ1v) is 9.98. The Balaban J connectivity index is 1.87. The molecule has 1 aliphatic rings.